The molecular weight excluding hydrogens is 315 g/mol. The van der Waals surface area contributed by atoms with Gasteiger partial charge in [0, 0.05) is 16.8 Å². The zero-order valence-electron chi connectivity index (χ0n) is 14.9. The summed E-state index contributed by atoms with van der Waals surface area (Å²) in [5.41, 5.74) is 3.39. The third kappa shape index (κ3) is 5.44. The zero-order valence-corrected chi connectivity index (χ0v) is 14.9. The summed E-state index contributed by atoms with van der Waals surface area (Å²) in [5.74, 6) is 1.90. The van der Waals surface area contributed by atoms with Crippen LogP contribution in [0.25, 0.3) is 0 Å². The predicted molar refractivity (Wildman–Crippen MR) is 100 cm³/mol. The molecule has 0 radical (unpaired) electrons. The fourth-order valence-electron chi connectivity index (χ4n) is 2.59. The minimum absolute atomic E-state index is 0.304. The fraction of sp³-hybridized carbons (Fsp3) is 0.286. The number of benzene rings is 2. The van der Waals surface area contributed by atoms with Gasteiger partial charge in [0.2, 0.25) is 0 Å². The number of nitrogens with one attached hydrogen (secondary N) is 1. The van der Waals surface area contributed by atoms with Crippen LogP contribution in [0.1, 0.15) is 33.5 Å². The van der Waals surface area contributed by atoms with Crippen LogP contribution >= 0.6 is 0 Å². The number of halogens is 1. The van der Waals surface area contributed by atoms with Gasteiger partial charge in [0.25, 0.3) is 5.91 Å². The molecule has 25 heavy (non-hydrogen) atoms. The Balaban J connectivity index is 2.12. The van der Waals surface area contributed by atoms with Gasteiger partial charge in [-0.25, -0.2) is 4.39 Å². The first-order chi connectivity index (χ1) is 11.9. The van der Waals surface area contributed by atoms with Gasteiger partial charge in [-0.15, -0.1) is 6.42 Å². The molecule has 0 bridgehead atoms. The molecule has 0 saturated heterocycles. The molecular formula is C21H23FN2O. The van der Waals surface area contributed by atoms with Gasteiger partial charge in [-0.3, -0.25) is 4.79 Å². The lowest BCUT2D eigenvalue weighted by Gasteiger charge is -2.11. The van der Waals surface area contributed by atoms with Crippen LogP contribution in [0.5, 0.6) is 0 Å². The highest BCUT2D eigenvalue weighted by atomic mass is 19.1. The van der Waals surface area contributed by atoms with Gasteiger partial charge < -0.3 is 10.2 Å². The minimum atomic E-state index is -0.356. The van der Waals surface area contributed by atoms with E-state index in [1.54, 1.807) is 12.1 Å². The topological polar surface area (TPSA) is 32.3 Å². The van der Waals surface area contributed by atoms with E-state index in [0.717, 1.165) is 30.5 Å². The van der Waals surface area contributed by atoms with Crippen LogP contribution in [0.2, 0.25) is 0 Å². The number of anilines is 1. The van der Waals surface area contributed by atoms with Crippen molar-refractivity contribution in [2.75, 3.05) is 26.0 Å². The van der Waals surface area contributed by atoms with E-state index in [9.17, 15) is 9.18 Å². The van der Waals surface area contributed by atoms with Crippen LogP contribution in [0.15, 0.2) is 36.4 Å². The van der Waals surface area contributed by atoms with Crippen LogP contribution in [0.4, 0.5) is 10.1 Å². The Morgan fingerprint density at radius 1 is 1.24 bits per heavy atom. The molecule has 0 fully saturated rings. The number of aryl methyl sites for hydroxylation is 2. The lowest BCUT2D eigenvalue weighted by Crippen LogP contribution is -2.14. The fourth-order valence-corrected chi connectivity index (χ4v) is 2.59. The number of carbonyl (C=O) groups is 1. The molecule has 3 nitrogen and oxygen atoms in total. The number of hydrogen-bond acceptors (Lipinski definition) is 2. The Labute approximate surface area is 148 Å². The summed E-state index contributed by atoms with van der Waals surface area (Å²) in [6, 6.07) is 9.83. The molecule has 0 aromatic heterocycles. The average Bonchev–Trinajstić information content (AvgIpc) is 2.54. The normalized spacial score (nSPS) is 10.6. The minimum Gasteiger partial charge on any atom is -0.322 e. The number of carbonyl (C=O) groups excluding carboxylic acids is 1. The van der Waals surface area contributed by atoms with E-state index in [1.165, 1.54) is 12.1 Å². The van der Waals surface area contributed by atoms with Crippen LogP contribution in [-0.2, 0) is 6.42 Å². The van der Waals surface area contributed by atoms with Gasteiger partial charge in [0.1, 0.15) is 5.82 Å². The van der Waals surface area contributed by atoms with Gasteiger partial charge >= 0.3 is 0 Å². The van der Waals surface area contributed by atoms with Crippen molar-refractivity contribution in [2.45, 2.75) is 19.8 Å². The maximum absolute atomic E-state index is 13.8. The van der Waals surface area contributed by atoms with Crippen molar-refractivity contribution in [3.05, 3.63) is 64.5 Å². The SMILES string of the molecule is C#Cc1cc(C(=O)Nc2cc(F)cc(CCCN(C)C)c2)ccc1C. The second-order valence-electron chi connectivity index (χ2n) is 6.38. The smallest absolute Gasteiger partial charge is 0.255 e. The highest BCUT2D eigenvalue weighted by Crippen LogP contribution is 2.18. The molecule has 0 atom stereocenters. The first-order valence-corrected chi connectivity index (χ1v) is 8.22. The van der Waals surface area contributed by atoms with Crippen molar-refractivity contribution in [3.63, 3.8) is 0 Å². The van der Waals surface area contributed by atoms with E-state index in [2.05, 4.69) is 16.1 Å². The Morgan fingerprint density at radius 3 is 2.68 bits per heavy atom. The van der Waals surface area contributed by atoms with E-state index < -0.39 is 0 Å². The van der Waals surface area contributed by atoms with Gasteiger partial charge in [-0.2, -0.15) is 0 Å². The summed E-state index contributed by atoms with van der Waals surface area (Å²) < 4.78 is 13.8. The predicted octanol–water partition coefficient (Wildman–Crippen LogP) is 3.86. The highest BCUT2D eigenvalue weighted by Gasteiger charge is 2.09. The molecule has 0 spiro atoms. The summed E-state index contributed by atoms with van der Waals surface area (Å²) >= 11 is 0. The Kier molecular flexibility index (Phi) is 6.32. The van der Waals surface area contributed by atoms with Crippen molar-refractivity contribution in [1.29, 1.82) is 0 Å². The first kappa shape index (κ1) is 18.7. The van der Waals surface area contributed by atoms with Gasteiger partial charge in [-0.05, 0) is 81.9 Å². The van der Waals surface area contributed by atoms with Gasteiger partial charge in [0.05, 0.1) is 0 Å². The second kappa shape index (κ2) is 8.46. The second-order valence-corrected chi connectivity index (χ2v) is 6.38. The van der Waals surface area contributed by atoms with Crippen LogP contribution < -0.4 is 5.32 Å². The summed E-state index contributed by atoms with van der Waals surface area (Å²) in [4.78, 5) is 14.5. The van der Waals surface area contributed by atoms with Crippen molar-refractivity contribution < 1.29 is 9.18 Å². The Morgan fingerprint density at radius 2 is 2.00 bits per heavy atom. The number of terminal acetylenes is 1. The summed E-state index contributed by atoms with van der Waals surface area (Å²) in [5, 5.41) is 2.75. The molecule has 0 unspecified atom stereocenters. The summed E-state index contributed by atoms with van der Waals surface area (Å²) in [6.45, 7) is 2.82. The molecule has 0 saturated carbocycles. The molecule has 1 N–H and O–H groups in total. The lowest BCUT2D eigenvalue weighted by molar-refractivity contribution is 0.102. The standard InChI is InChI=1S/C21H23FN2O/c1-5-17-13-18(9-8-15(17)2)21(25)23-20-12-16(11-19(22)14-20)7-6-10-24(3)4/h1,8-9,11-14H,6-7,10H2,2-4H3,(H,23,25). The van der Waals surface area contributed by atoms with Crippen molar-refractivity contribution in [3.8, 4) is 12.3 Å². The number of rotatable bonds is 6. The molecule has 0 aliphatic carbocycles. The van der Waals surface area contributed by atoms with E-state index in [1.807, 2.05) is 33.2 Å². The van der Waals surface area contributed by atoms with Crippen LogP contribution in [0, 0.1) is 25.1 Å². The Bertz CT molecular complexity index is 806. The summed E-state index contributed by atoms with van der Waals surface area (Å²) in [6.07, 6.45) is 7.12. The molecule has 1 amide bonds. The van der Waals surface area contributed by atoms with Crippen molar-refractivity contribution in [1.82, 2.24) is 4.90 Å². The van der Waals surface area contributed by atoms with E-state index >= 15 is 0 Å². The zero-order chi connectivity index (χ0) is 18.4. The van der Waals surface area contributed by atoms with Crippen LogP contribution in [0.3, 0.4) is 0 Å². The lowest BCUT2D eigenvalue weighted by atomic mass is 10.0. The first-order valence-electron chi connectivity index (χ1n) is 8.22. The maximum Gasteiger partial charge on any atom is 0.255 e. The number of hydrogen-bond donors (Lipinski definition) is 1. The third-order valence-electron chi connectivity index (χ3n) is 3.94. The van der Waals surface area contributed by atoms with E-state index in [4.69, 9.17) is 6.42 Å². The monoisotopic (exact) mass is 338 g/mol. The summed E-state index contributed by atoms with van der Waals surface area (Å²) in [7, 11) is 4.01. The molecule has 2 rings (SSSR count). The quantitative estimate of drug-likeness (QED) is 0.811. The van der Waals surface area contributed by atoms with E-state index in [0.29, 0.717) is 16.8 Å². The molecule has 4 heteroatoms. The molecule has 130 valence electrons. The third-order valence-corrected chi connectivity index (χ3v) is 3.94. The highest BCUT2D eigenvalue weighted by molar-refractivity contribution is 6.04. The largest absolute Gasteiger partial charge is 0.322 e. The molecule has 2 aromatic rings. The molecule has 0 heterocycles. The van der Waals surface area contributed by atoms with E-state index in [-0.39, 0.29) is 11.7 Å². The Hall–Kier alpha value is -2.64. The van der Waals surface area contributed by atoms with Crippen molar-refractivity contribution >= 4 is 11.6 Å². The number of amides is 1. The molecule has 2 aromatic carbocycles. The van der Waals surface area contributed by atoms with Crippen molar-refractivity contribution in [2.24, 2.45) is 0 Å². The number of nitrogens with zero attached hydrogens (tertiary/aromatic N) is 1. The molecule has 0 aliphatic rings. The molecule has 0 aliphatic heterocycles. The average molecular weight is 338 g/mol. The maximum atomic E-state index is 13.8. The van der Waals surface area contributed by atoms with Crippen LogP contribution in [-0.4, -0.2) is 31.4 Å². The van der Waals surface area contributed by atoms with Gasteiger partial charge in [-0.1, -0.05) is 12.0 Å². The van der Waals surface area contributed by atoms with Gasteiger partial charge in [0.15, 0.2) is 0 Å².